The molecule has 0 aliphatic rings. The van der Waals surface area contributed by atoms with Gasteiger partial charge in [-0.15, -0.1) is 0 Å². The maximum atomic E-state index is 13.0. The van der Waals surface area contributed by atoms with Gasteiger partial charge in [-0.3, -0.25) is 0 Å². The molecule has 15 heavy (non-hydrogen) atoms. The molecule has 1 aromatic carbocycles. The minimum absolute atomic E-state index is 0.145. The highest BCUT2D eigenvalue weighted by molar-refractivity contribution is 5.34. The summed E-state index contributed by atoms with van der Waals surface area (Å²) >= 11 is 0. The minimum atomic E-state index is -0.241. The summed E-state index contributed by atoms with van der Waals surface area (Å²) in [6.45, 7) is 4.55. The lowest BCUT2D eigenvalue weighted by Crippen LogP contribution is -2.12. The third-order valence-electron chi connectivity index (χ3n) is 2.34. The number of hydrogen-bond acceptors (Lipinski definition) is 2. The first-order valence-corrected chi connectivity index (χ1v) is 5.32. The fourth-order valence-corrected chi connectivity index (χ4v) is 1.31. The van der Waals surface area contributed by atoms with Crippen LogP contribution in [0.3, 0.4) is 0 Å². The van der Waals surface area contributed by atoms with Gasteiger partial charge in [-0.2, -0.15) is 0 Å². The first kappa shape index (κ1) is 12.0. The molecular weight excluding hydrogens is 193 g/mol. The molecule has 0 heterocycles. The molecule has 1 rings (SSSR count). The normalized spacial score (nSPS) is 12.5. The Morgan fingerprint density at radius 3 is 2.80 bits per heavy atom. The van der Waals surface area contributed by atoms with E-state index in [-0.39, 0.29) is 11.9 Å². The van der Waals surface area contributed by atoms with E-state index in [0.717, 1.165) is 17.7 Å². The average molecular weight is 211 g/mol. The van der Waals surface area contributed by atoms with E-state index in [2.05, 4.69) is 6.92 Å². The number of ether oxygens (including phenoxy) is 1. The molecule has 0 aromatic heterocycles. The fourth-order valence-electron chi connectivity index (χ4n) is 1.31. The van der Waals surface area contributed by atoms with Gasteiger partial charge in [-0.1, -0.05) is 6.92 Å². The van der Waals surface area contributed by atoms with Crippen molar-refractivity contribution in [3.8, 4) is 5.75 Å². The monoisotopic (exact) mass is 211 g/mol. The van der Waals surface area contributed by atoms with Crippen LogP contribution in [0.5, 0.6) is 5.75 Å². The zero-order valence-electron chi connectivity index (χ0n) is 9.29. The lowest BCUT2D eigenvalue weighted by Gasteiger charge is -2.15. The third kappa shape index (κ3) is 3.51. The molecule has 1 aromatic rings. The second-order valence-corrected chi connectivity index (χ2v) is 3.63. The number of benzene rings is 1. The Bertz CT molecular complexity index is 314. The molecule has 0 bridgehead atoms. The molecule has 0 saturated carbocycles. The highest BCUT2D eigenvalue weighted by atomic mass is 19.1. The van der Waals surface area contributed by atoms with Crippen LogP contribution in [0.2, 0.25) is 0 Å². The molecule has 2 nitrogen and oxygen atoms in total. The van der Waals surface area contributed by atoms with Crippen LogP contribution < -0.4 is 10.5 Å². The van der Waals surface area contributed by atoms with Crippen LogP contribution in [0.4, 0.5) is 4.39 Å². The van der Waals surface area contributed by atoms with Gasteiger partial charge >= 0.3 is 0 Å². The van der Waals surface area contributed by atoms with Crippen molar-refractivity contribution in [3.05, 3.63) is 29.6 Å². The van der Waals surface area contributed by atoms with E-state index in [9.17, 15) is 4.39 Å². The second-order valence-electron chi connectivity index (χ2n) is 3.63. The molecule has 0 saturated heterocycles. The standard InChI is InChI=1S/C12H18FNO/c1-3-9(2)15-12-5-4-11(13)8-10(12)6-7-14/h4-5,8-9H,3,6-7,14H2,1-2H3. The largest absolute Gasteiger partial charge is 0.490 e. The van der Waals surface area contributed by atoms with E-state index >= 15 is 0 Å². The lowest BCUT2D eigenvalue weighted by molar-refractivity contribution is 0.215. The minimum Gasteiger partial charge on any atom is -0.490 e. The Kier molecular flexibility index (Phi) is 4.56. The number of hydrogen-bond donors (Lipinski definition) is 1. The zero-order valence-corrected chi connectivity index (χ0v) is 9.29. The summed E-state index contributed by atoms with van der Waals surface area (Å²) in [4.78, 5) is 0. The van der Waals surface area contributed by atoms with Crippen LogP contribution >= 0.6 is 0 Å². The van der Waals surface area contributed by atoms with Crippen molar-refractivity contribution in [3.63, 3.8) is 0 Å². The predicted molar refractivity (Wildman–Crippen MR) is 59.5 cm³/mol. The topological polar surface area (TPSA) is 35.2 Å². The van der Waals surface area contributed by atoms with Crippen LogP contribution in [0.15, 0.2) is 18.2 Å². The molecule has 0 spiro atoms. The molecule has 0 aliphatic heterocycles. The van der Waals surface area contributed by atoms with Crippen LogP contribution in [-0.4, -0.2) is 12.6 Å². The highest BCUT2D eigenvalue weighted by Crippen LogP contribution is 2.21. The number of rotatable bonds is 5. The Hall–Kier alpha value is -1.09. The average Bonchev–Trinajstić information content (AvgIpc) is 2.22. The van der Waals surface area contributed by atoms with E-state index in [0.29, 0.717) is 13.0 Å². The third-order valence-corrected chi connectivity index (χ3v) is 2.34. The molecule has 3 heteroatoms. The van der Waals surface area contributed by atoms with Crippen LogP contribution in [-0.2, 0) is 6.42 Å². The van der Waals surface area contributed by atoms with Gasteiger partial charge in [-0.05, 0) is 50.1 Å². The summed E-state index contributed by atoms with van der Waals surface area (Å²) in [7, 11) is 0. The molecule has 0 radical (unpaired) electrons. The Balaban J connectivity index is 2.85. The van der Waals surface area contributed by atoms with Gasteiger partial charge < -0.3 is 10.5 Å². The van der Waals surface area contributed by atoms with Crippen molar-refractivity contribution in [2.45, 2.75) is 32.8 Å². The number of nitrogens with two attached hydrogens (primary N) is 1. The van der Waals surface area contributed by atoms with Crippen molar-refractivity contribution in [2.24, 2.45) is 5.73 Å². The molecule has 1 atom stereocenters. The first-order chi connectivity index (χ1) is 7.17. The first-order valence-electron chi connectivity index (χ1n) is 5.32. The van der Waals surface area contributed by atoms with E-state index in [1.165, 1.54) is 12.1 Å². The van der Waals surface area contributed by atoms with Gasteiger partial charge in [0.15, 0.2) is 0 Å². The van der Waals surface area contributed by atoms with Gasteiger partial charge in [0.2, 0.25) is 0 Å². The van der Waals surface area contributed by atoms with E-state index in [4.69, 9.17) is 10.5 Å². The van der Waals surface area contributed by atoms with Crippen LogP contribution in [0.1, 0.15) is 25.8 Å². The molecule has 1 unspecified atom stereocenters. The van der Waals surface area contributed by atoms with E-state index in [1.54, 1.807) is 6.07 Å². The van der Waals surface area contributed by atoms with Crippen molar-refractivity contribution in [1.29, 1.82) is 0 Å². The van der Waals surface area contributed by atoms with Crippen molar-refractivity contribution in [1.82, 2.24) is 0 Å². The quantitative estimate of drug-likeness (QED) is 0.812. The van der Waals surface area contributed by atoms with Gasteiger partial charge in [0.25, 0.3) is 0 Å². The van der Waals surface area contributed by atoms with E-state index in [1.807, 2.05) is 6.92 Å². The Morgan fingerprint density at radius 2 is 2.20 bits per heavy atom. The number of halogens is 1. The van der Waals surface area contributed by atoms with Gasteiger partial charge in [-0.25, -0.2) is 4.39 Å². The maximum Gasteiger partial charge on any atom is 0.123 e. The van der Waals surface area contributed by atoms with Gasteiger partial charge in [0.05, 0.1) is 6.10 Å². The predicted octanol–water partition coefficient (Wildman–Crippen LogP) is 2.50. The molecule has 2 N–H and O–H groups in total. The van der Waals surface area contributed by atoms with Gasteiger partial charge in [0, 0.05) is 0 Å². The summed E-state index contributed by atoms with van der Waals surface area (Å²) in [6.07, 6.45) is 1.72. The fraction of sp³-hybridized carbons (Fsp3) is 0.500. The highest BCUT2D eigenvalue weighted by Gasteiger charge is 2.07. The summed E-state index contributed by atoms with van der Waals surface area (Å²) in [6, 6.07) is 4.58. The summed E-state index contributed by atoms with van der Waals surface area (Å²) in [5.74, 6) is 0.506. The molecule has 0 aliphatic carbocycles. The molecular formula is C12H18FNO. The van der Waals surface area contributed by atoms with E-state index < -0.39 is 0 Å². The smallest absolute Gasteiger partial charge is 0.123 e. The summed E-state index contributed by atoms with van der Waals surface area (Å²) in [5.41, 5.74) is 6.31. The zero-order chi connectivity index (χ0) is 11.3. The molecule has 0 amide bonds. The van der Waals surface area contributed by atoms with Crippen molar-refractivity contribution in [2.75, 3.05) is 6.54 Å². The maximum absolute atomic E-state index is 13.0. The van der Waals surface area contributed by atoms with Crippen molar-refractivity contribution < 1.29 is 9.13 Å². The summed E-state index contributed by atoms with van der Waals surface area (Å²) < 4.78 is 18.7. The Labute approximate surface area is 90.2 Å². The Morgan fingerprint density at radius 1 is 1.47 bits per heavy atom. The van der Waals surface area contributed by atoms with Crippen LogP contribution in [0, 0.1) is 5.82 Å². The SMILES string of the molecule is CCC(C)Oc1ccc(F)cc1CCN. The van der Waals surface area contributed by atoms with Crippen molar-refractivity contribution >= 4 is 0 Å². The molecule has 84 valence electrons. The van der Waals surface area contributed by atoms with Gasteiger partial charge in [0.1, 0.15) is 11.6 Å². The second kappa shape index (κ2) is 5.71. The lowest BCUT2D eigenvalue weighted by atomic mass is 10.1. The molecule has 0 fully saturated rings. The summed E-state index contributed by atoms with van der Waals surface area (Å²) in [5, 5.41) is 0. The van der Waals surface area contributed by atoms with Crippen LogP contribution in [0.25, 0.3) is 0 Å².